The Labute approximate surface area is 125 Å². The smallest absolute Gasteiger partial charge is 0.246 e. The second kappa shape index (κ2) is 5.34. The van der Waals surface area contributed by atoms with E-state index in [4.69, 9.17) is 0 Å². The molecule has 0 radical (unpaired) electrons. The fourth-order valence-electron chi connectivity index (χ4n) is 2.37. The zero-order chi connectivity index (χ0) is 14.1. The van der Waals surface area contributed by atoms with Gasteiger partial charge < -0.3 is 5.32 Å². The summed E-state index contributed by atoms with van der Waals surface area (Å²) in [6.45, 7) is 2.01. The number of amides is 1. The van der Waals surface area contributed by atoms with Crippen LogP contribution in [-0.2, 0) is 4.79 Å². The molecule has 0 spiro atoms. The number of benzene rings is 1. The van der Waals surface area contributed by atoms with Gasteiger partial charge in [-0.05, 0) is 31.2 Å². The maximum Gasteiger partial charge on any atom is 0.246 e. The van der Waals surface area contributed by atoms with Crippen LogP contribution >= 0.6 is 15.9 Å². The molecule has 0 saturated carbocycles. The van der Waals surface area contributed by atoms with Gasteiger partial charge in [-0.3, -0.25) is 15.1 Å². The van der Waals surface area contributed by atoms with Gasteiger partial charge in [0, 0.05) is 28.0 Å². The van der Waals surface area contributed by atoms with Gasteiger partial charge in [0.25, 0.3) is 0 Å². The summed E-state index contributed by atoms with van der Waals surface area (Å²) in [6.07, 6.45) is 1.76. The first-order valence-corrected chi connectivity index (χ1v) is 7.22. The molecule has 3 rings (SSSR count). The highest BCUT2D eigenvalue weighted by atomic mass is 79.9. The Morgan fingerprint density at radius 2 is 2.20 bits per heavy atom. The highest BCUT2D eigenvalue weighted by Gasteiger charge is 2.31. The Kier molecular flexibility index (Phi) is 3.54. The number of anilines is 1. The van der Waals surface area contributed by atoms with Crippen LogP contribution in [0.15, 0.2) is 47.1 Å². The summed E-state index contributed by atoms with van der Waals surface area (Å²) in [7, 11) is 0. The minimum Gasteiger partial charge on any atom is -0.324 e. The van der Waals surface area contributed by atoms with Crippen LogP contribution in [0.4, 0.5) is 5.69 Å². The average Bonchev–Trinajstić information content (AvgIpc) is 2.75. The Bertz CT molecular complexity index is 645. The van der Waals surface area contributed by atoms with E-state index in [0.29, 0.717) is 0 Å². The molecule has 1 aromatic carbocycles. The maximum absolute atomic E-state index is 12.1. The van der Waals surface area contributed by atoms with Gasteiger partial charge in [0.1, 0.15) is 6.04 Å². The number of nitrogens with one attached hydrogen (secondary N) is 2. The van der Waals surface area contributed by atoms with Gasteiger partial charge in [-0.15, -0.1) is 0 Å². The van der Waals surface area contributed by atoms with Crippen LogP contribution in [0, 0.1) is 0 Å². The molecule has 102 valence electrons. The lowest BCUT2D eigenvalue weighted by Crippen LogP contribution is -2.30. The lowest BCUT2D eigenvalue weighted by Gasteiger charge is -2.18. The first-order chi connectivity index (χ1) is 9.65. The summed E-state index contributed by atoms with van der Waals surface area (Å²) in [5.41, 5.74) is 2.75. The van der Waals surface area contributed by atoms with E-state index < -0.39 is 0 Å². The SMILES string of the molecule is CC(NC1C(=O)Nc2cc(Br)ccc21)c1ccccn1. The van der Waals surface area contributed by atoms with E-state index >= 15 is 0 Å². The molecular formula is C15H14BrN3O. The molecule has 0 saturated heterocycles. The monoisotopic (exact) mass is 331 g/mol. The van der Waals surface area contributed by atoms with Crippen molar-refractivity contribution in [1.82, 2.24) is 10.3 Å². The zero-order valence-corrected chi connectivity index (χ0v) is 12.5. The maximum atomic E-state index is 12.1. The summed E-state index contributed by atoms with van der Waals surface area (Å²) in [4.78, 5) is 16.4. The van der Waals surface area contributed by atoms with Crippen LogP contribution in [0.3, 0.4) is 0 Å². The largest absolute Gasteiger partial charge is 0.324 e. The number of hydrogen-bond acceptors (Lipinski definition) is 3. The van der Waals surface area contributed by atoms with Crippen LogP contribution in [0.2, 0.25) is 0 Å². The van der Waals surface area contributed by atoms with Crippen molar-refractivity contribution in [3.63, 3.8) is 0 Å². The van der Waals surface area contributed by atoms with Crippen LogP contribution in [0.5, 0.6) is 0 Å². The predicted molar refractivity (Wildman–Crippen MR) is 81.3 cm³/mol. The summed E-state index contributed by atoms with van der Waals surface area (Å²) >= 11 is 3.41. The van der Waals surface area contributed by atoms with Crippen molar-refractivity contribution >= 4 is 27.5 Å². The normalized spacial score (nSPS) is 18.5. The van der Waals surface area contributed by atoms with Crippen molar-refractivity contribution in [1.29, 1.82) is 0 Å². The second-order valence-electron chi connectivity index (χ2n) is 4.80. The topological polar surface area (TPSA) is 54.0 Å². The third kappa shape index (κ3) is 2.46. The number of nitrogens with zero attached hydrogens (tertiary/aromatic N) is 1. The Balaban J connectivity index is 1.84. The number of rotatable bonds is 3. The number of hydrogen-bond donors (Lipinski definition) is 2. The van der Waals surface area contributed by atoms with Crippen LogP contribution in [0.25, 0.3) is 0 Å². The molecule has 0 aliphatic carbocycles. The molecule has 5 heteroatoms. The Morgan fingerprint density at radius 3 is 2.95 bits per heavy atom. The van der Waals surface area contributed by atoms with Crippen molar-refractivity contribution < 1.29 is 4.79 Å². The minimum absolute atomic E-state index is 0.00143. The number of carbonyl (C=O) groups excluding carboxylic acids is 1. The predicted octanol–water partition coefficient (Wildman–Crippen LogP) is 3.19. The van der Waals surface area contributed by atoms with Gasteiger partial charge in [-0.1, -0.05) is 28.1 Å². The van der Waals surface area contributed by atoms with Gasteiger partial charge in [0.2, 0.25) is 5.91 Å². The molecule has 2 N–H and O–H groups in total. The third-order valence-corrected chi connectivity index (χ3v) is 3.89. The molecule has 2 aromatic rings. The zero-order valence-electron chi connectivity index (χ0n) is 10.9. The third-order valence-electron chi connectivity index (χ3n) is 3.39. The number of halogens is 1. The van der Waals surface area contributed by atoms with Crippen LogP contribution < -0.4 is 10.6 Å². The molecule has 1 amide bonds. The summed E-state index contributed by atoms with van der Waals surface area (Å²) in [5, 5.41) is 6.22. The highest BCUT2D eigenvalue weighted by molar-refractivity contribution is 9.10. The van der Waals surface area contributed by atoms with Crippen LogP contribution in [-0.4, -0.2) is 10.9 Å². The lowest BCUT2D eigenvalue weighted by atomic mass is 10.1. The van der Waals surface area contributed by atoms with Crippen molar-refractivity contribution in [2.24, 2.45) is 0 Å². The fourth-order valence-corrected chi connectivity index (χ4v) is 2.73. The van der Waals surface area contributed by atoms with Crippen LogP contribution in [0.1, 0.15) is 30.3 Å². The van der Waals surface area contributed by atoms with Gasteiger partial charge in [0.15, 0.2) is 0 Å². The van der Waals surface area contributed by atoms with Gasteiger partial charge in [0.05, 0.1) is 5.69 Å². The summed E-state index contributed by atoms with van der Waals surface area (Å²) in [5.74, 6) is -0.0270. The number of carbonyl (C=O) groups is 1. The van der Waals surface area contributed by atoms with Crippen molar-refractivity contribution in [3.05, 3.63) is 58.3 Å². The Hall–Kier alpha value is -1.72. The fraction of sp³-hybridized carbons (Fsp3) is 0.200. The molecule has 20 heavy (non-hydrogen) atoms. The van der Waals surface area contributed by atoms with E-state index in [9.17, 15) is 4.79 Å². The van der Waals surface area contributed by atoms with Crippen molar-refractivity contribution in [3.8, 4) is 0 Å². The van der Waals surface area contributed by atoms with E-state index in [1.807, 2.05) is 43.3 Å². The summed E-state index contributed by atoms with van der Waals surface area (Å²) < 4.78 is 0.954. The molecule has 2 unspecified atom stereocenters. The first kappa shape index (κ1) is 13.3. The highest BCUT2D eigenvalue weighted by Crippen LogP contribution is 2.34. The minimum atomic E-state index is -0.338. The quantitative estimate of drug-likeness (QED) is 0.908. The molecule has 1 aliphatic heterocycles. The molecule has 2 atom stereocenters. The van der Waals surface area contributed by atoms with Crippen molar-refractivity contribution in [2.45, 2.75) is 19.0 Å². The van der Waals surface area contributed by atoms with E-state index in [-0.39, 0.29) is 18.0 Å². The molecule has 0 bridgehead atoms. The number of fused-ring (bicyclic) bond motifs is 1. The van der Waals surface area contributed by atoms with E-state index in [2.05, 4.69) is 31.5 Å². The van der Waals surface area contributed by atoms with Crippen molar-refractivity contribution in [2.75, 3.05) is 5.32 Å². The first-order valence-electron chi connectivity index (χ1n) is 6.42. The molecule has 0 fully saturated rings. The van der Waals surface area contributed by atoms with E-state index in [1.165, 1.54) is 0 Å². The van der Waals surface area contributed by atoms with Gasteiger partial charge in [-0.25, -0.2) is 0 Å². The molecule has 1 aromatic heterocycles. The standard InChI is InChI=1S/C15H14BrN3O/c1-9(12-4-2-3-7-17-12)18-14-11-6-5-10(16)8-13(11)19-15(14)20/h2-9,14,18H,1H3,(H,19,20). The van der Waals surface area contributed by atoms with Gasteiger partial charge >= 0.3 is 0 Å². The number of pyridine rings is 1. The molecule has 1 aliphatic rings. The lowest BCUT2D eigenvalue weighted by molar-refractivity contribution is -0.117. The Morgan fingerprint density at radius 1 is 1.35 bits per heavy atom. The van der Waals surface area contributed by atoms with Gasteiger partial charge in [-0.2, -0.15) is 0 Å². The van der Waals surface area contributed by atoms with E-state index in [0.717, 1.165) is 21.4 Å². The summed E-state index contributed by atoms with van der Waals surface area (Å²) in [6, 6.07) is 11.3. The average molecular weight is 332 g/mol. The number of aromatic nitrogens is 1. The molecule has 4 nitrogen and oxygen atoms in total. The molecule has 2 heterocycles. The van der Waals surface area contributed by atoms with E-state index in [1.54, 1.807) is 6.20 Å². The second-order valence-corrected chi connectivity index (χ2v) is 5.71. The molecular weight excluding hydrogens is 318 g/mol.